The second-order valence-electron chi connectivity index (χ2n) is 6.51. The highest BCUT2D eigenvalue weighted by molar-refractivity contribution is 5.80. The quantitative estimate of drug-likeness (QED) is 0.910. The van der Waals surface area contributed by atoms with E-state index in [4.69, 9.17) is 0 Å². The van der Waals surface area contributed by atoms with Gasteiger partial charge in [-0.1, -0.05) is 19.1 Å². The van der Waals surface area contributed by atoms with Gasteiger partial charge in [0.15, 0.2) is 0 Å². The van der Waals surface area contributed by atoms with Gasteiger partial charge in [-0.05, 0) is 49.3 Å². The maximum Gasteiger partial charge on any atom is 0.228 e. The number of benzene rings is 1. The van der Waals surface area contributed by atoms with Crippen molar-refractivity contribution in [3.8, 4) is 0 Å². The van der Waals surface area contributed by atoms with E-state index >= 15 is 0 Å². The highest BCUT2D eigenvalue weighted by Gasteiger charge is 2.40. The number of aliphatic hydroxyl groups is 1. The first kappa shape index (κ1) is 14.5. The molecule has 1 N–H and O–H groups in total. The molecule has 0 bridgehead atoms. The fourth-order valence-corrected chi connectivity index (χ4v) is 3.76. The van der Waals surface area contributed by atoms with Crippen LogP contribution >= 0.6 is 0 Å². The van der Waals surface area contributed by atoms with Crippen molar-refractivity contribution in [1.29, 1.82) is 0 Å². The summed E-state index contributed by atoms with van der Waals surface area (Å²) in [5.41, 5.74) is 0.861. The van der Waals surface area contributed by atoms with Crippen molar-refractivity contribution < 1.29 is 14.3 Å². The molecule has 3 nitrogen and oxygen atoms in total. The van der Waals surface area contributed by atoms with E-state index in [1.807, 2.05) is 11.0 Å². The van der Waals surface area contributed by atoms with Crippen LogP contribution in [0.3, 0.4) is 0 Å². The molecule has 4 heteroatoms. The minimum Gasteiger partial charge on any atom is -0.392 e. The summed E-state index contributed by atoms with van der Waals surface area (Å²) in [6, 6.07) is 6.47. The van der Waals surface area contributed by atoms with Crippen molar-refractivity contribution in [3.05, 3.63) is 35.6 Å². The van der Waals surface area contributed by atoms with Crippen LogP contribution in [0.2, 0.25) is 0 Å². The molecule has 1 amide bonds. The topological polar surface area (TPSA) is 40.5 Å². The molecule has 1 saturated heterocycles. The molecular weight excluding hydrogens is 269 g/mol. The van der Waals surface area contributed by atoms with Crippen molar-refractivity contribution in [2.75, 3.05) is 6.54 Å². The van der Waals surface area contributed by atoms with Crippen LogP contribution in [0.5, 0.6) is 0 Å². The predicted molar refractivity (Wildman–Crippen MR) is 78.0 cm³/mol. The number of carbonyl (C=O) groups is 1. The lowest BCUT2D eigenvalue weighted by atomic mass is 9.99. The Morgan fingerprint density at radius 3 is 2.86 bits per heavy atom. The van der Waals surface area contributed by atoms with Crippen LogP contribution in [0, 0.1) is 17.7 Å². The van der Waals surface area contributed by atoms with Gasteiger partial charge < -0.3 is 10.0 Å². The Labute approximate surface area is 124 Å². The zero-order valence-electron chi connectivity index (χ0n) is 12.3. The third kappa shape index (κ3) is 2.82. The van der Waals surface area contributed by atoms with Crippen molar-refractivity contribution in [1.82, 2.24) is 4.90 Å². The molecule has 0 radical (unpaired) electrons. The first-order chi connectivity index (χ1) is 10.1. The lowest BCUT2D eigenvalue weighted by Gasteiger charge is -2.29. The summed E-state index contributed by atoms with van der Waals surface area (Å²) in [7, 11) is 0. The first-order valence-corrected chi connectivity index (χ1v) is 7.80. The minimum absolute atomic E-state index is 0.0404. The van der Waals surface area contributed by atoms with Gasteiger partial charge in [0.2, 0.25) is 5.91 Å². The summed E-state index contributed by atoms with van der Waals surface area (Å²) in [5, 5.41) is 9.98. The molecule has 1 aromatic rings. The normalized spacial score (nSPS) is 32.6. The van der Waals surface area contributed by atoms with E-state index in [1.54, 1.807) is 6.07 Å². The van der Waals surface area contributed by atoms with Crippen LogP contribution in [0.4, 0.5) is 4.39 Å². The Morgan fingerprint density at radius 1 is 1.38 bits per heavy atom. The van der Waals surface area contributed by atoms with Gasteiger partial charge in [-0.15, -0.1) is 0 Å². The van der Waals surface area contributed by atoms with Crippen molar-refractivity contribution >= 4 is 5.91 Å². The molecule has 0 spiro atoms. The smallest absolute Gasteiger partial charge is 0.228 e. The Morgan fingerprint density at radius 2 is 2.19 bits per heavy atom. The fourth-order valence-electron chi connectivity index (χ4n) is 3.76. The van der Waals surface area contributed by atoms with E-state index in [-0.39, 0.29) is 23.7 Å². The van der Waals surface area contributed by atoms with E-state index < -0.39 is 6.10 Å². The monoisotopic (exact) mass is 291 g/mol. The van der Waals surface area contributed by atoms with Gasteiger partial charge in [-0.25, -0.2) is 4.39 Å². The number of aliphatic hydroxyl groups excluding tert-OH is 1. The first-order valence-electron chi connectivity index (χ1n) is 7.80. The molecule has 4 unspecified atom stereocenters. The molecule has 1 saturated carbocycles. The van der Waals surface area contributed by atoms with Crippen LogP contribution in [-0.2, 0) is 4.79 Å². The summed E-state index contributed by atoms with van der Waals surface area (Å²) in [5.74, 6) is -0.0916. The molecule has 3 rings (SSSR count). The number of hydrogen-bond donors (Lipinski definition) is 1. The summed E-state index contributed by atoms with van der Waals surface area (Å²) < 4.78 is 13.5. The molecule has 2 aliphatic rings. The highest BCUT2D eigenvalue weighted by Crippen LogP contribution is 2.38. The number of rotatable bonds is 2. The maximum absolute atomic E-state index is 13.5. The molecule has 0 aromatic heterocycles. The van der Waals surface area contributed by atoms with Gasteiger partial charge in [0.25, 0.3) is 0 Å². The molecule has 1 aromatic carbocycles. The van der Waals surface area contributed by atoms with Gasteiger partial charge in [0, 0.05) is 6.54 Å². The lowest BCUT2D eigenvalue weighted by molar-refractivity contribution is -0.139. The molecule has 114 valence electrons. The number of carbonyl (C=O) groups excluding carboxylic acids is 1. The zero-order valence-corrected chi connectivity index (χ0v) is 12.3. The van der Waals surface area contributed by atoms with Crippen LogP contribution < -0.4 is 0 Å². The van der Waals surface area contributed by atoms with Gasteiger partial charge >= 0.3 is 0 Å². The summed E-state index contributed by atoms with van der Waals surface area (Å²) in [6.07, 6.45) is 2.73. The molecule has 2 fully saturated rings. The van der Waals surface area contributed by atoms with E-state index in [9.17, 15) is 14.3 Å². The second-order valence-corrected chi connectivity index (χ2v) is 6.51. The average molecular weight is 291 g/mol. The van der Waals surface area contributed by atoms with Gasteiger partial charge in [-0.3, -0.25) is 4.79 Å². The molecule has 1 aliphatic heterocycles. The van der Waals surface area contributed by atoms with Crippen LogP contribution in [0.1, 0.15) is 44.2 Å². The van der Waals surface area contributed by atoms with Gasteiger partial charge in [0.05, 0.1) is 18.1 Å². The zero-order chi connectivity index (χ0) is 15.0. The highest BCUT2D eigenvalue weighted by atomic mass is 19.1. The van der Waals surface area contributed by atoms with Crippen LogP contribution in [0.15, 0.2) is 24.3 Å². The maximum atomic E-state index is 13.5. The summed E-state index contributed by atoms with van der Waals surface area (Å²) in [4.78, 5) is 14.6. The molecule has 4 atom stereocenters. The Hall–Kier alpha value is -1.42. The number of hydrogen-bond acceptors (Lipinski definition) is 2. The molecular formula is C17H22FNO2. The van der Waals surface area contributed by atoms with Crippen LogP contribution in [0.25, 0.3) is 0 Å². The number of amides is 1. The van der Waals surface area contributed by atoms with Crippen molar-refractivity contribution in [2.45, 2.75) is 44.8 Å². The Balaban J connectivity index is 1.84. The Bertz CT molecular complexity index is 533. The third-order valence-corrected chi connectivity index (χ3v) is 4.82. The van der Waals surface area contributed by atoms with E-state index in [1.165, 1.54) is 12.1 Å². The average Bonchev–Trinajstić information content (AvgIpc) is 3.04. The SMILES string of the molecule is CC1CC(c2cccc(F)c2)N(C(=O)C2CCCC2O)C1. The minimum atomic E-state index is -0.512. The van der Waals surface area contributed by atoms with Crippen molar-refractivity contribution in [2.24, 2.45) is 11.8 Å². The van der Waals surface area contributed by atoms with E-state index in [2.05, 4.69) is 6.92 Å². The van der Waals surface area contributed by atoms with Crippen molar-refractivity contribution in [3.63, 3.8) is 0 Å². The molecule has 1 aliphatic carbocycles. The number of halogens is 1. The largest absolute Gasteiger partial charge is 0.392 e. The predicted octanol–water partition coefficient (Wildman–Crippen LogP) is 2.90. The van der Waals surface area contributed by atoms with E-state index in [0.717, 1.165) is 24.8 Å². The lowest BCUT2D eigenvalue weighted by Crippen LogP contribution is -2.39. The van der Waals surface area contributed by atoms with Gasteiger partial charge in [-0.2, -0.15) is 0 Å². The molecule has 1 heterocycles. The number of likely N-dealkylation sites (tertiary alicyclic amines) is 1. The summed E-state index contributed by atoms with van der Waals surface area (Å²) >= 11 is 0. The van der Waals surface area contributed by atoms with Crippen LogP contribution in [-0.4, -0.2) is 28.6 Å². The Kier molecular flexibility index (Phi) is 3.98. The third-order valence-electron chi connectivity index (χ3n) is 4.82. The molecule has 21 heavy (non-hydrogen) atoms. The van der Waals surface area contributed by atoms with E-state index in [0.29, 0.717) is 18.9 Å². The standard InChI is InChI=1S/C17H22FNO2/c1-11-8-15(12-4-2-5-13(18)9-12)19(10-11)17(21)14-6-3-7-16(14)20/h2,4-5,9,11,14-16,20H,3,6-8,10H2,1H3. The second kappa shape index (κ2) is 5.76. The fraction of sp³-hybridized carbons (Fsp3) is 0.588. The van der Waals surface area contributed by atoms with Gasteiger partial charge in [0.1, 0.15) is 5.82 Å². The summed E-state index contributed by atoms with van der Waals surface area (Å²) in [6.45, 7) is 2.81. The number of nitrogens with zero attached hydrogens (tertiary/aromatic N) is 1.